The van der Waals surface area contributed by atoms with Crippen molar-refractivity contribution in [3.63, 3.8) is 0 Å². The number of hydrogen-bond acceptors (Lipinski definition) is 3. The summed E-state index contributed by atoms with van der Waals surface area (Å²) in [6, 6.07) is 0. The Morgan fingerprint density at radius 1 is 0.852 bits per heavy atom. The second kappa shape index (κ2) is 16.5. The molecule has 0 spiro atoms. The van der Waals surface area contributed by atoms with Crippen LogP contribution in [0.3, 0.4) is 0 Å². The summed E-state index contributed by atoms with van der Waals surface area (Å²) in [5.41, 5.74) is 1.08. The van der Waals surface area contributed by atoms with Crippen molar-refractivity contribution < 1.29 is 4.79 Å². The minimum Gasteiger partial charge on any atom is -0.302 e. The van der Waals surface area contributed by atoms with Crippen molar-refractivity contribution in [3.8, 4) is 0 Å². The van der Waals surface area contributed by atoms with Crippen LogP contribution in [-0.4, -0.2) is 16.2 Å². The first-order valence-corrected chi connectivity index (χ1v) is 12.9. The van der Waals surface area contributed by atoms with E-state index in [9.17, 15) is 4.79 Å². The van der Waals surface area contributed by atoms with Crippen molar-refractivity contribution in [3.05, 3.63) is 10.6 Å². The van der Waals surface area contributed by atoms with E-state index in [2.05, 4.69) is 26.2 Å². The molecular weight excluding hydrogens is 420 g/mol. The molecule has 5 heteroatoms. The highest BCUT2D eigenvalue weighted by atomic mass is 79.9. The van der Waals surface area contributed by atoms with Crippen LogP contribution in [0.2, 0.25) is 0 Å². The van der Waals surface area contributed by atoms with E-state index in [0.717, 1.165) is 22.6 Å². The molecule has 156 valence electrons. The van der Waals surface area contributed by atoms with Crippen LogP contribution in [0.5, 0.6) is 0 Å². The monoisotopic (exact) mass is 458 g/mol. The van der Waals surface area contributed by atoms with Crippen LogP contribution >= 0.6 is 27.3 Å². The number of carbonyl (C=O) groups excluding carboxylic acids is 1. The molecule has 0 radical (unpaired) electrons. The number of aromatic nitrogens is 1. The van der Waals surface area contributed by atoms with Gasteiger partial charge < -0.3 is 5.32 Å². The fraction of sp³-hybridized carbons (Fsp3) is 0.818. The highest BCUT2D eigenvalue weighted by Crippen LogP contribution is 2.24. The van der Waals surface area contributed by atoms with Crippen LogP contribution < -0.4 is 5.32 Å². The largest absolute Gasteiger partial charge is 0.302 e. The van der Waals surface area contributed by atoms with Gasteiger partial charge in [0.25, 0.3) is 0 Å². The van der Waals surface area contributed by atoms with Gasteiger partial charge in [-0.15, -0.1) is 11.3 Å². The van der Waals surface area contributed by atoms with Crippen LogP contribution in [-0.2, 0) is 11.2 Å². The fourth-order valence-corrected chi connectivity index (χ4v) is 4.81. The van der Waals surface area contributed by atoms with Gasteiger partial charge in [-0.3, -0.25) is 4.79 Å². The summed E-state index contributed by atoms with van der Waals surface area (Å²) in [5.74, 6) is -0.0411. The van der Waals surface area contributed by atoms with Gasteiger partial charge >= 0.3 is 0 Å². The van der Waals surface area contributed by atoms with Crippen LogP contribution in [0.1, 0.15) is 107 Å². The van der Waals surface area contributed by atoms with E-state index in [1.165, 1.54) is 102 Å². The number of hydrogen-bond donors (Lipinski definition) is 1. The van der Waals surface area contributed by atoms with Gasteiger partial charge in [0, 0.05) is 17.1 Å². The Kier molecular flexibility index (Phi) is 15.1. The van der Waals surface area contributed by atoms with E-state index in [-0.39, 0.29) is 5.91 Å². The van der Waals surface area contributed by atoms with E-state index < -0.39 is 0 Å². The number of carbonyl (C=O) groups is 1. The van der Waals surface area contributed by atoms with Gasteiger partial charge in [0.1, 0.15) is 0 Å². The molecule has 0 bridgehead atoms. The zero-order valence-corrected chi connectivity index (χ0v) is 19.9. The van der Waals surface area contributed by atoms with E-state index in [4.69, 9.17) is 0 Å². The Hall–Kier alpha value is -0.420. The third-order valence-electron chi connectivity index (χ3n) is 4.96. The first kappa shape index (κ1) is 24.6. The lowest BCUT2D eigenvalue weighted by Crippen LogP contribution is -2.04. The lowest BCUT2D eigenvalue weighted by Gasteiger charge is -2.03. The molecule has 0 saturated heterocycles. The average molecular weight is 460 g/mol. The van der Waals surface area contributed by atoms with Gasteiger partial charge in [-0.05, 0) is 26.2 Å². The van der Waals surface area contributed by atoms with Gasteiger partial charge in [-0.1, -0.05) is 93.0 Å². The minimum atomic E-state index is -0.0411. The van der Waals surface area contributed by atoms with Crippen molar-refractivity contribution in [2.75, 3.05) is 10.6 Å². The molecule has 0 fully saturated rings. The van der Waals surface area contributed by atoms with E-state index >= 15 is 0 Å². The lowest BCUT2D eigenvalue weighted by molar-refractivity contribution is -0.114. The van der Waals surface area contributed by atoms with Crippen molar-refractivity contribution in [2.24, 2.45) is 0 Å². The summed E-state index contributed by atoms with van der Waals surface area (Å²) in [4.78, 5) is 16.8. The normalized spacial score (nSPS) is 11.1. The maximum Gasteiger partial charge on any atom is 0.223 e. The molecule has 0 saturated carbocycles. The van der Waals surface area contributed by atoms with Gasteiger partial charge in [-0.25, -0.2) is 4.98 Å². The van der Waals surface area contributed by atoms with Crippen molar-refractivity contribution in [1.29, 1.82) is 0 Å². The standard InChI is InChI=1S/C22H39BrN2OS/c1-19-21(27-22(24-19)25-20(2)26)17-15-13-11-9-7-5-3-4-6-8-10-12-14-16-18-23/h3-18H2,1-2H3,(H,24,25,26). The zero-order chi connectivity index (χ0) is 19.7. The number of unbranched alkanes of at least 4 members (excludes halogenated alkanes) is 13. The van der Waals surface area contributed by atoms with Crippen LogP contribution in [0, 0.1) is 6.92 Å². The van der Waals surface area contributed by atoms with Crippen LogP contribution in [0.4, 0.5) is 5.13 Å². The smallest absolute Gasteiger partial charge is 0.223 e. The number of amides is 1. The number of nitrogens with zero attached hydrogens (tertiary/aromatic N) is 1. The quantitative estimate of drug-likeness (QED) is 0.191. The number of halogens is 1. The molecule has 0 aromatic carbocycles. The highest BCUT2D eigenvalue weighted by molar-refractivity contribution is 9.09. The third kappa shape index (κ3) is 13.4. The number of anilines is 1. The molecule has 1 N–H and O–H groups in total. The Labute approximate surface area is 179 Å². The summed E-state index contributed by atoms with van der Waals surface area (Å²) in [6.45, 7) is 3.57. The molecule has 1 rings (SSSR count). The molecule has 0 aliphatic rings. The number of aryl methyl sites for hydroxylation is 2. The Balaban J connectivity index is 1.88. The molecule has 27 heavy (non-hydrogen) atoms. The van der Waals surface area contributed by atoms with Crippen LogP contribution in [0.25, 0.3) is 0 Å². The molecule has 0 unspecified atom stereocenters. The van der Waals surface area contributed by atoms with Gasteiger partial charge in [0.2, 0.25) is 5.91 Å². The molecule has 1 aromatic rings. The second-order valence-corrected chi connectivity index (χ2v) is 9.47. The van der Waals surface area contributed by atoms with Crippen molar-refractivity contribution >= 4 is 38.3 Å². The summed E-state index contributed by atoms with van der Waals surface area (Å²) < 4.78 is 0. The topological polar surface area (TPSA) is 42.0 Å². The van der Waals surface area contributed by atoms with Crippen LogP contribution in [0.15, 0.2) is 0 Å². The van der Waals surface area contributed by atoms with Gasteiger partial charge in [0.05, 0.1) is 5.69 Å². The Morgan fingerprint density at radius 3 is 1.74 bits per heavy atom. The minimum absolute atomic E-state index is 0.0411. The summed E-state index contributed by atoms with van der Waals surface area (Å²) >= 11 is 5.12. The molecule has 0 aliphatic carbocycles. The molecule has 0 aliphatic heterocycles. The molecule has 3 nitrogen and oxygen atoms in total. The summed E-state index contributed by atoms with van der Waals surface area (Å²) in [5, 5.41) is 4.70. The predicted octanol–water partition coefficient (Wildman–Crippen LogP) is 7.81. The number of rotatable bonds is 17. The number of nitrogens with one attached hydrogen (secondary N) is 1. The zero-order valence-electron chi connectivity index (χ0n) is 17.5. The van der Waals surface area contributed by atoms with Gasteiger partial charge in [0.15, 0.2) is 5.13 Å². The van der Waals surface area contributed by atoms with E-state index in [1.54, 1.807) is 11.3 Å². The van der Waals surface area contributed by atoms with Crippen molar-refractivity contribution in [1.82, 2.24) is 4.98 Å². The van der Waals surface area contributed by atoms with E-state index in [1.807, 2.05) is 6.92 Å². The Bertz CT molecular complexity index is 505. The van der Waals surface area contributed by atoms with E-state index in [0.29, 0.717) is 0 Å². The maximum atomic E-state index is 11.1. The third-order valence-corrected chi connectivity index (χ3v) is 6.66. The first-order valence-electron chi connectivity index (χ1n) is 10.9. The molecule has 1 amide bonds. The number of alkyl halides is 1. The molecular formula is C22H39BrN2OS. The second-order valence-electron chi connectivity index (χ2n) is 7.60. The van der Waals surface area contributed by atoms with Crippen molar-refractivity contribution in [2.45, 2.75) is 110 Å². The summed E-state index contributed by atoms with van der Waals surface area (Å²) in [6.07, 6.45) is 20.5. The Morgan fingerprint density at radius 2 is 1.30 bits per heavy atom. The predicted molar refractivity (Wildman–Crippen MR) is 123 cm³/mol. The summed E-state index contributed by atoms with van der Waals surface area (Å²) in [7, 11) is 0. The van der Waals surface area contributed by atoms with Gasteiger partial charge in [-0.2, -0.15) is 0 Å². The lowest BCUT2D eigenvalue weighted by atomic mass is 10.0. The highest BCUT2D eigenvalue weighted by Gasteiger charge is 2.08. The average Bonchev–Trinajstić information content (AvgIpc) is 2.96. The number of thiazole rings is 1. The molecule has 1 heterocycles. The maximum absolute atomic E-state index is 11.1. The molecule has 0 atom stereocenters. The molecule has 1 aromatic heterocycles. The fourth-order valence-electron chi connectivity index (χ4n) is 3.37. The SMILES string of the molecule is CC(=O)Nc1nc(C)c(CCCCCCCCCCCCCCCCBr)s1. The first-order chi connectivity index (χ1) is 13.1.